The van der Waals surface area contributed by atoms with Gasteiger partial charge in [-0.2, -0.15) is 5.26 Å². The van der Waals surface area contributed by atoms with Crippen LogP contribution in [0.15, 0.2) is 24.3 Å². The topological polar surface area (TPSA) is 73.0 Å². The fourth-order valence-electron chi connectivity index (χ4n) is 1.33. The second-order valence-electron chi connectivity index (χ2n) is 2.86. The number of nitriles is 1. The van der Waals surface area contributed by atoms with Gasteiger partial charge in [-0.3, -0.25) is 4.79 Å². The van der Waals surface area contributed by atoms with Gasteiger partial charge >= 0.3 is 11.9 Å². The molecule has 1 aliphatic heterocycles. The molecule has 1 aliphatic rings. The highest BCUT2D eigenvalue weighted by Crippen LogP contribution is 2.28. The van der Waals surface area contributed by atoms with Crippen LogP contribution in [0.3, 0.4) is 0 Å². The Morgan fingerprint density at radius 1 is 1.43 bits per heavy atom. The first-order chi connectivity index (χ1) is 6.74. The van der Waals surface area contributed by atoms with Crippen LogP contribution in [-0.2, 0) is 4.79 Å². The quantitative estimate of drug-likeness (QED) is 0.616. The predicted octanol–water partition coefficient (Wildman–Crippen LogP) is 0.941. The van der Waals surface area contributed by atoms with Gasteiger partial charge in [0.25, 0.3) is 5.69 Å². The molecular weight excluding hydrogens is 182 g/mol. The van der Waals surface area contributed by atoms with Crippen LogP contribution >= 0.6 is 0 Å². The van der Waals surface area contributed by atoms with E-state index in [9.17, 15) is 9.70 Å². The molecular formula is C9H6N3O2+. The summed E-state index contributed by atoms with van der Waals surface area (Å²) in [6, 6.07) is 6.92. The summed E-state index contributed by atoms with van der Waals surface area (Å²) in [4.78, 5) is 22.7. The Labute approximate surface area is 79.5 Å². The van der Waals surface area contributed by atoms with Crippen LogP contribution in [0.2, 0.25) is 0 Å². The van der Waals surface area contributed by atoms with Crippen LogP contribution in [0.4, 0.5) is 11.4 Å². The lowest BCUT2D eigenvalue weighted by molar-refractivity contribution is -0.476. The van der Waals surface area contributed by atoms with Gasteiger partial charge in [0.05, 0.1) is 4.76 Å². The Bertz CT molecular complexity index is 461. The molecule has 0 radical (unpaired) electrons. The Balaban J connectivity index is 2.55. The number of benzene rings is 1. The summed E-state index contributed by atoms with van der Waals surface area (Å²) in [6.45, 7) is 0. The second-order valence-corrected chi connectivity index (χ2v) is 2.86. The number of anilines is 1. The van der Waals surface area contributed by atoms with E-state index in [1.807, 2.05) is 0 Å². The molecule has 1 N–H and O–H groups in total. The van der Waals surface area contributed by atoms with Gasteiger partial charge in [-0.1, -0.05) is 12.1 Å². The number of hydrogen-bond acceptors (Lipinski definition) is 3. The molecule has 0 saturated carbocycles. The minimum atomic E-state index is -1.29. The first-order valence-electron chi connectivity index (χ1n) is 4.00. The highest BCUT2D eigenvalue weighted by molar-refractivity contribution is 5.99. The molecule has 2 rings (SSSR count). The van der Waals surface area contributed by atoms with Gasteiger partial charge in [-0.25, -0.2) is 0 Å². The van der Waals surface area contributed by atoms with E-state index in [4.69, 9.17) is 5.26 Å². The van der Waals surface area contributed by atoms with Crippen molar-refractivity contribution in [3.63, 3.8) is 0 Å². The number of carbonyl (C=O) groups excluding carboxylic acids is 1. The number of amides is 1. The van der Waals surface area contributed by atoms with Gasteiger partial charge in [-0.15, -0.1) is 0 Å². The SMILES string of the molecule is N#CC1C(=O)Nc2ccccc2[N+]1=O. The molecule has 14 heavy (non-hydrogen) atoms. The van der Waals surface area contributed by atoms with Crippen LogP contribution in [-0.4, -0.2) is 16.7 Å². The van der Waals surface area contributed by atoms with E-state index in [-0.39, 0.29) is 0 Å². The maximum atomic E-state index is 11.5. The largest absolute Gasteiger partial charge is 0.368 e. The number of carbonyl (C=O) groups is 1. The molecule has 1 unspecified atom stereocenters. The summed E-state index contributed by atoms with van der Waals surface area (Å²) in [6.07, 6.45) is 0. The van der Waals surface area contributed by atoms with Crippen molar-refractivity contribution in [3.8, 4) is 6.07 Å². The van der Waals surface area contributed by atoms with Crippen molar-refractivity contribution in [2.24, 2.45) is 0 Å². The number of nitroso groups, excluding NO2 is 1. The van der Waals surface area contributed by atoms with Crippen molar-refractivity contribution in [1.29, 1.82) is 5.26 Å². The van der Waals surface area contributed by atoms with Crippen LogP contribution in [0.25, 0.3) is 0 Å². The standard InChI is InChI=1S/C9H5N3O2/c10-5-8-9(13)11-6-3-1-2-4-7(6)12(8)14/h1-4,8H/p+1. The number of nitrogens with one attached hydrogen (secondary N) is 1. The van der Waals surface area contributed by atoms with Crippen LogP contribution < -0.4 is 5.32 Å². The molecule has 5 heteroatoms. The van der Waals surface area contributed by atoms with Crippen molar-refractivity contribution in [2.75, 3.05) is 5.32 Å². The molecule has 1 aromatic carbocycles. The normalized spacial score (nSPS) is 19.5. The number of hydrogen-bond donors (Lipinski definition) is 1. The van der Waals surface area contributed by atoms with Crippen LogP contribution in [0.5, 0.6) is 0 Å². The molecule has 1 amide bonds. The molecule has 1 heterocycles. The van der Waals surface area contributed by atoms with Crippen LogP contribution in [0.1, 0.15) is 0 Å². The van der Waals surface area contributed by atoms with Crippen molar-refractivity contribution in [2.45, 2.75) is 6.04 Å². The van der Waals surface area contributed by atoms with Gasteiger partial charge in [-0.05, 0) is 6.07 Å². The van der Waals surface area contributed by atoms with E-state index in [1.165, 1.54) is 0 Å². The Kier molecular flexibility index (Phi) is 1.75. The molecule has 1 aromatic rings. The molecule has 0 bridgehead atoms. The summed E-state index contributed by atoms with van der Waals surface area (Å²) in [5, 5.41) is 11.1. The van der Waals surface area contributed by atoms with Crippen molar-refractivity contribution in [1.82, 2.24) is 0 Å². The molecule has 0 spiro atoms. The zero-order chi connectivity index (χ0) is 10.1. The fourth-order valence-corrected chi connectivity index (χ4v) is 1.33. The third kappa shape index (κ3) is 1.05. The zero-order valence-electron chi connectivity index (χ0n) is 7.10. The third-order valence-corrected chi connectivity index (χ3v) is 2.00. The smallest absolute Gasteiger partial charge is 0.313 e. The monoisotopic (exact) mass is 188 g/mol. The first kappa shape index (κ1) is 8.38. The van der Waals surface area contributed by atoms with E-state index in [1.54, 1.807) is 30.3 Å². The lowest BCUT2D eigenvalue weighted by Gasteiger charge is -2.11. The van der Waals surface area contributed by atoms with Gasteiger partial charge in [0, 0.05) is 11.0 Å². The average Bonchev–Trinajstić information content (AvgIpc) is 2.18. The van der Waals surface area contributed by atoms with Crippen molar-refractivity contribution >= 4 is 17.3 Å². The molecule has 0 aliphatic carbocycles. The predicted molar refractivity (Wildman–Crippen MR) is 47.8 cm³/mol. The van der Waals surface area contributed by atoms with Gasteiger partial charge in [0.1, 0.15) is 5.69 Å². The summed E-state index contributed by atoms with van der Waals surface area (Å²) < 4.78 is 0.425. The highest BCUT2D eigenvalue weighted by atomic mass is 16.3. The zero-order valence-corrected chi connectivity index (χ0v) is 7.10. The number of rotatable bonds is 0. The third-order valence-electron chi connectivity index (χ3n) is 2.00. The van der Waals surface area contributed by atoms with Crippen molar-refractivity contribution in [3.05, 3.63) is 29.2 Å². The Morgan fingerprint density at radius 2 is 2.14 bits per heavy atom. The van der Waals surface area contributed by atoms with E-state index >= 15 is 0 Å². The summed E-state index contributed by atoms with van der Waals surface area (Å²) in [5.41, 5.74) is 0.762. The molecule has 1 atom stereocenters. The molecule has 0 fully saturated rings. The van der Waals surface area contributed by atoms with E-state index in [2.05, 4.69) is 5.32 Å². The minimum absolute atomic E-state index is 0.318. The van der Waals surface area contributed by atoms with E-state index in [0.717, 1.165) is 0 Å². The minimum Gasteiger partial charge on any atom is -0.313 e. The van der Waals surface area contributed by atoms with E-state index in [0.29, 0.717) is 16.1 Å². The van der Waals surface area contributed by atoms with Gasteiger partial charge < -0.3 is 5.32 Å². The molecule has 0 saturated heterocycles. The summed E-state index contributed by atoms with van der Waals surface area (Å²) in [7, 11) is 0. The average molecular weight is 188 g/mol. The first-order valence-corrected chi connectivity index (χ1v) is 4.00. The lowest BCUT2D eigenvalue weighted by atomic mass is 10.1. The molecule has 5 nitrogen and oxygen atoms in total. The lowest BCUT2D eigenvalue weighted by Crippen LogP contribution is -2.37. The van der Waals surface area contributed by atoms with E-state index < -0.39 is 11.9 Å². The van der Waals surface area contributed by atoms with Crippen molar-refractivity contribution < 1.29 is 9.55 Å². The second kappa shape index (κ2) is 2.92. The maximum Gasteiger partial charge on any atom is 0.368 e. The van der Waals surface area contributed by atoms with Gasteiger partial charge in [0.15, 0.2) is 6.07 Å². The summed E-state index contributed by atoms with van der Waals surface area (Å²) in [5.74, 6) is -0.582. The number of nitrogens with zero attached hydrogens (tertiary/aromatic N) is 2. The number of para-hydroxylation sites is 2. The van der Waals surface area contributed by atoms with Gasteiger partial charge in [0.2, 0.25) is 0 Å². The maximum absolute atomic E-state index is 11.5. The number of fused-ring (bicyclic) bond motifs is 1. The fraction of sp³-hybridized carbons (Fsp3) is 0.111. The highest BCUT2D eigenvalue weighted by Gasteiger charge is 2.41. The summed E-state index contributed by atoms with van der Waals surface area (Å²) >= 11 is 0. The Morgan fingerprint density at radius 3 is 2.86 bits per heavy atom. The van der Waals surface area contributed by atoms with Crippen LogP contribution in [0, 0.1) is 16.2 Å². The molecule has 0 aromatic heterocycles. The molecule has 68 valence electrons. The Hall–Kier alpha value is -2.22.